The third-order valence-corrected chi connectivity index (χ3v) is 3.13. The van der Waals surface area contributed by atoms with E-state index in [1.807, 2.05) is 39.8 Å². The number of carbonyl (C=O) groups is 2. The zero-order chi connectivity index (χ0) is 16.0. The highest BCUT2D eigenvalue weighted by Crippen LogP contribution is 2.12. The number of carbonyl (C=O) groups excluding carboxylic acids is 2. The van der Waals surface area contributed by atoms with E-state index in [4.69, 9.17) is 4.74 Å². The van der Waals surface area contributed by atoms with Crippen molar-refractivity contribution in [1.82, 2.24) is 4.90 Å². The lowest BCUT2D eigenvalue weighted by Crippen LogP contribution is -2.35. The topological polar surface area (TPSA) is 46.6 Å². The summed E-state index contributed by atoms with van der Waals surface area (Å²) in [4.78, 5) is 25.7. The molecule has 4 nitrogen and oxygen atoms in total. The van der Waals surface area contributed by atoms with Crippen LogP contribution in [0, 0.1) is 13.8 Å². The van der Waals surface area contributed by atoms with Crippen molar-refractivity contribution in [3.05, 3.63) is 47.0 Å². The van der Waals surface area contributed by atoms with E-state index < -0.39 is 5.97 Å². The van der Waals surface area contributed by atoms with Crippen LogP contribution >= 0.6 is 0 Å². The van der Waals surface area contributed by atoms with Gasteiger partial charge in [-0.2, -0.15) is 0 Å². The van der Waals surface area contributed by atoms with Gasteiger partial charge in [-0.3, -0.25) is 4.79 Å². The van der Waals surface area contributed by atoms with Gasteiger partial charge in [0.25, 0.3) is 5.91 Å². The van der Waals surface area contributed by atoms with E-state index in [-0.39, 0.29) is 12.5 Å². The third-order valence-electron chi connectivity index (χ3n) is 3.13. The molecule has 0 saturated carbocycles. The van der Waals surface area contributed by atoms with E-state index in [1.54, 1.807) is 11.0 Å². The molecule has 0 aliphatic rings. The molecule has 1 aromatic rings. The number of hydrogen-bond donors (Lipinski definition) is 0. The minimum absolute atomic E-state index is 0.209. The molecule has 21 heavy (non-hydrogen) atoms. The van der Waals surface area contributed by atoms with Gasteiger partial charge in [-0.05, 0) is 39.3 Å². The molecule has 0 aliphatic carbocycles. The maximum atomic E-state index is 12.0. The van der Waals surface area contributed by atoms with Crippen LogP contribution in [0.4, 0.5) is 0 Å². The maximum Gasteiger partial charge on any atom is 0.338 e. The van der Waals surface area contributed by atoms with Gasteiger partial charge in [-0.1, -0.05) is 29.8 Å². The van der Waals surface area contributed by atoms with E-state index in [9.17, 15) is 9.59 Å². The second kappa shape index (κ2) is 7.62. The molecule has 1 aromatic carbocycles. The van der Waals surface area contributed by atoms with Crippen molar-refractivity contribution in [2.24, 2.45) is 0 Å². The summed E-state index contributed by atoms with van der Waals surface area (Å²) in [5, 5.41) is 0. The molecular formula is C17H23NO3. The molecule has 0 atom stereocenters. The van der Waals surface area contributed by atoms with Crippen molar-refractivity contribution < 1.29 is 14.3 Å². The summed E-state index contributed by atoms with van der Waals surface area (Å²) in [6, 6.07) is 5.57. The van der Waals surface area contributed by atoms with Gasteiger partial charge in [-0.25, -0.2) is 4.79 Å². The number of rotatable bonds is 6. The standard InChI is InChI=1S/C17H23NO3/c1-6-18(10-12(2)3)16(19)11-21-17(20)15-9-13(4)7-8-14(15)5/h7-9H,2,6,10-11H2,1,3-5H3. The van der Waals surface area contributed by atoms with Crippen LogP contribution in [0.3, 0.4) is 0 Å². The minimum atomic E-state index is -0.462. The largest absolute Gasteiger partial charge is 0.452 e. The number of benzene rings is 1. The second-order valence-electron chi connectivity index (χ2n) is 5.26. The predicted molar refractivity (Wildman–Crippen MR) is 83.3 cm³/mol. The highest BCUT2D eigenvalue weighted by atomic mass is 16.5. The van der Waals surface area contributed by atoms with Gasteiger partial charge in [0.2, 0.25) is 0 Å². The Morgan fingerprint density at radius 3 is 2.52 bits per heavy atom. The fraction of sp³-hybridized carbons (Fsp3) is 0.412. The molecule has 0 N–H and O–H groups in total. The predicted octanol–water partition coefficient (Wildman–Crippen LogP) is 2.88. The Morgan fingerprint density at radius 1 is 1.29 bits per heavy atom. The van der Waals surface area contributed by atoms with E-state index >= 15 is 0 Å². The van der Waals surface area contributed by atoms with Crippen LogP contribution in [0.5, 0.6) is 0 Å². The lowest BCUT2D eigenvalue weighted by atomic mass is 10.1. The van der Waals surface area contributed by atoms with Gasteiger partial charge >= 0.3 is 5.97 Å². The van der Waals surface area contributed by atoms with E-state index in [0.29, 0.717) is 18.7 Å². The van der Waals surface area contributed by atoms with Gasteiger partial charge < -0.3 is 9.64 Å². The van der Waals surface area contributed by atoms with Gasteiger partial charge in [-0.15, -0.1) is 0 Å². The quantitative estimate of drug-likeness (QED) is 0.597. The van der Waals surface area contributed by atoms with Crippen LogP contribution in [0.15, 0.2) is 30.4 Å². The summed E-state index contributed by atoms with van der Waals surface area (Å²) in [6.07, 6.45) is 0. The zero-order valence-electron chi connectivity index (χ0n) is 13.2. The second-order valence-corrected chi connectivity index (χ2v) is 5.26. The van der Waals surface area contributed by atoms with Gasteiger partial charge in [0.1, 0.15) is 0 Å². The zero-order valence-corrected chi connectivity index (χ0v) is 13.2. The Hall–Kier alpha value is -2.10. The average Bonchev–Trinajstić information content (AvgIpc) is 2.44. The Balaban J connectivity index is 2.65. The molecular weight excluding hydrogens is 266 g/mol. The number of nitrogens with zero attached hydrogens (tertiary/aromatic N) is 1. The number of hydrogen-bond acceptors (Lipinski definition) is 3. The van der Waals surface area contributed by atoms with E-state index in [1.165, 1.54) is 0 Å². The summed E-state index contributed by atoms with van der Waals surface area (Å²) in [5.41, 5.74) is 3.22. The molecule has 0 aliphatic heterocycles. The fourth-order valence-corrected chi connectivity index (χ4v) is 1.95. The number of likely N-dealkylation sites (N-methyl/N-ethyl adjacent to an activating group) is 1. The highest BCUT2D eigenvalue weighted by Gasteiger charge is 2.16. The Bertz CT molecular complexity index is 549. The molecule has 0 spiro atoms. The van der Waals surface area contributed by atoms with Crippen LogP contribution in [-0.2, 0) is 9.53 Å². The molecule has 0 bridgehead atoms. The van der Waals surface area contributed by atoms with E-state index in [2.05, 4.69) is 6.58 Å². The summed E-state index contributed by atoms with van der Waals surface area (Å²) < 4.78 is 5.13. The first-order valence-corrected chi connectivity index (χ1v) is 7.01. The van der Waals surface area contributed by atoms with Crippen LogP contribution in [0.2, 0.25) is 0 Å². The Labute approximate surface area is 126 Å². The number of aryl methyl sites for hydroxylation is 2. The first kappa shape index (κ1) is 17.0. The summed E-state index contributed by atoms with van der Waals surface area (Å²) in [7, 11) is 0. The van der Waals surface area contributed by atoms with Gasteiger partial charge in [0, 0.05) is 13.1 Å². The molecule has 0 aromatic heterocycles. The molecule has 1 rings (SSSR count). The van der Waals surface area contributed by atoms with Crippen molar-refractivity contribution in [1.29, 1.82) is 0 Å². The fourth-order valence-electron chi connectivity index (χ4n) is 1.95. The molecule has 114 valence electrons. The van der Waals surface area contributed by atoms with Crippen molar-refractivity contribution >= 4 is 11.9 Å². The Morgan fingerprint density at radius 2 is 1.95 bits per heavy atom. The van der Waals surface area contributed by atoms with Crippen molar-refractivity contribution in [2.45, 2.75) is 27.7 Å². The third kappa shape index (κ3) is 5.06. The molecule has 0 heterocycles. The van der Waals surface area contributed by atoms with Crippen molar-refractivity contribution in [3.63, 3.8) is 0 Å². The lowest BCUT2D eigenvalue weighted by molar-refractivity contribution is -0.133. The van der Waals surface area contributed by atoms with Gasteiger partial charge in [0.15, 0.2) is 6.61 Å². The van der Waals surface area contributed by atoms with Gasteiger partial charge in [0.05, 0.1) is 5.56 Å². The normalized spacial score (nSPS) is 10.1. The number of ether oxygens (including phenoxy) is 1. The summed E-state index contributed by atoms with van der Waals surface area (Å²) in [5.74, 6) is -0.671. The smallest absolute Gasteiger partial charge is 0.338 e. The lowest BCUT2D eigenvalue weighted by Gasteiger charge is -2.20. The first-order chi connectivity index (χ1) is 9.85. The van der Waals surface area contributed by atoms with E-state index in [0.717, 1.165) is 16.7 Å². The first-order valence-electron chi connectivity index (χ1n) is 7.01. The van der Waals surface area contributed by atoms with Crippen molar-refractivity contribution in [3.8, 4) is 0 Å². The molecule has 0 saturated heterocycles. The highest BCUT2D eigenvalue weighted by molar-refractivity contribution is 5.92. The van der Waals surface area contributed by atoms with Crippen molar-refractivity contribution in [2.75, 3.05) is 19.7 Å². The molecule has 1 amide bonds. The molecule has 0 fully saturated rings. The van der Waals surface area contributed by atoms with Crippen LogP contribution in [-0.4, -0.2) is 36.5 Å². The number of amides is 1. The molecule has 4 heteroatoms. The summed E-state index contributed by atoms with van der Waals surface area (Å²) >= 11 is 0. The number of esters is 1. The monoisotopic (exact) mass is 289 g/mol. The SMILES string of the molecule is C=C(C)CN(CC)C(=O)COC(=O)c1cc(C)ccc1C. The summed E-state index contributed by atoms with van der Waals surface area (Å²) in [6.45, 7) is 12.1. The minimum Gasteiger partial charge on any atom is -0.452 e. The maximum absolute atomic E-state index is 12.0. The average molecular weight is 289 g/mol. The van der Waals surface area contributed by atoms with Crippen LogP contribution in [0.1, 0.15) is 35.3 Å². The van der Waals surface area contributed by atoms with Crippen LogP contribution in [0.25, 0.3) is 0 Å². The molecule has 0 unspecified atom stereocenters. The molecule has 0 radical (unpaired) electrons. The van der Waals surface area contributed by atoms with Crippen LogP contribution < -0.4 is 0 Å². The Kier molecular flexibility index (Phi) is 6.15.